The van der Waals surface area contributed by atoms with E-state index in [0.29, 0.717) is 17.9 Å². The number of benzene rings is 2. The molecular weight excluding hydrogens is 420 g/mol. The second kappa shape index (κ2) is 9.60. The maximum absolute atomic E-state index is 11.4. The predicted molar refractivity (Wildman–Crippen MR) is 126 cm³/mol. The molecule has 0 aliphatic heterocycles. The van der Waals surface area contributed by atoms with Crippen LogP contribution in [0.5, 0.6) is 5.75 Å². The van der Waals surface area contributed by atoms with Gasteiger partial charge in [0.1, 0.15) is 27.6 Å². The summed E-state index contributed by atoms with van der Waals surface area (Å²) in [5.41, 5.74) is 4.96. The molecule has 1 aromatic heterocycles. The lowest BCUT2D eigenvalue weighted by atomic mass is 9.85. The van der Waals surface area contributed by atoms with Gasteiger partial charge in [0, 0.05) is 17.2 Å². The van der Waals surface area contributed by atoms with Crippen molar-refractivity contribution in [3.05, 3.63) is 53.1 Å². The van der Waals surface area contributed by atoms with Crippen molar-refractivity contribution < 1.29 is 9.53 Å². The van der Waals surface area contributed by atoms with Gasteiger partial charge in [-0.1, -0.05) is 29.5 Å². The quantitative estimate of drug-likeness (QED) is 0.544. The Morgan fingerprint density at radius 1 is 1.28 bits per heavy atom. The molecule has 0 bridgehead atoms. The van der Waals surface area contributed by atoms with Crippen molar-refractivity contribution in [1.82, 2.24) is 15.5 Å². The van der Waals surface area contributed by atoms with E-state index in [-0.39, 0.29) is 17.9 Å². The Morgan fingerprint density at radius 3 is 2.84 bits per heavy atom. The van der Waals surface area contributed by atoms with Crippen molar-refractivity contribution in [1.29, 1.82) is 5.26 Å². The molecule has 7 heteroatoms. The van der Waals surface area contributed by atoms with E-state index in [9.17, 15) is 10.1 Å². The molecule has 0 radical (unpaired) electrons. The van der Waals surface area contributed by atoms with Crippen LogP contribution in [0.4, 0.5) is 0 Å². The molecule has 32 heavy (non-hydrogen) atoms. The van der Waals surface area contributed by atoms with Crippen molar-refractivity contribution in [3.8, 4) is 33.0 Å². The highest BCUT2D eigenvalue weighted by Gasteiger charge is 2.24. The number of hydrogen-bond acceptors (Lipinski definition) is 7. The molecule has 4 rings (SSSR count). The summed E-state index contributed by atoms with van der Waals surface area (Å²) in [6.07, 6.45) is 3.07. The third-order valence-electron chi connectivity index (χ3n) is 5.47. The number of hydrogen-bond donors (Lipinski definition) is 1. The van der Waals surface area contributed by atoms with E-state index in [1.807, 2.05) is 32.0 Å². The number of carbonyl (C=O) groups is 1. The van der Waals surface area contributed by atoms with Crippen LogP contribution in [0.1, 0.15) is 56.3 Å². The second-order valence-corrected chi connectivity index (χ2v) is 9.28. The Morgan fingerprint density at radius 2 is 2.09 bits per heavy atom. The molecule has 0 fully saturated rings. The Hall–Kier alpha value is -3.08. The molecule has 2 aromatic carbocycles. The van der Waals surface area contributed by atoms with E-state index in [4.69, 9.17) is 4.74 Å². The molecule has 1 aliphatic carbocycles. The lowest BCUT2D eigenvalue weighted by molar-refractivity contribution is -0.116. The summed E-state index contributed by atoms with van der Waals surface area (Å²) in [4.78, 5) is 11.4. The van der Waals surface area contributed by atoms with Crippen molar-refractivity contribution in [2.45, 2.75) is 52.2 Å². The van der Waals surface area contributed by atoms with Gasteiger partial charge in [-0.2, -0.15) is 5.26 Å². The van der Waals surface area contributed by atoms with Gasteiger partial charge < -0.3 is 10.1 Å². The summed E-state index contributed by atoms with van der Waals surface area (Å²) in [5, 5.41) is 23.5. The van der Waals surface area contributed by atoms with E-state index in [2.05, 4.69) is 39.8 Å². The van der Waals surface area contributed by atoms with Gasteiger partial charge in [0.05, 0.1) is 18.2 Å². The van der Waals surface area contributed by atoms with Gasteiger partial charge >= 0.3 is 0 Å². The Balaban J connectivity index is 1.64. The van der Waals surface area contributed by atoms with Crippen LogP contribution < -0.4 is 10.1 Å². The first kappa shape index (κ1) is 22.1. The fourth-order valence-corrected chi connectivity index (χ4v) is 4.98. The Labute approximate surface area is 192 Å². The van der Waals surface area contributed by atoms with Crippen molar-refractivity contribution >= 4 is 17.1 Å². The number of nitrogens with one attached hydrogen (secondary N) is 1. The van der Waals surface area contributed by atoms with Gasteiger partial charge in [0.25, 0.3) is 0 Å². The van der Waals surface area contributed by atoms with E-state index in [1.165, 1.54) is 22.5 Å². The molecule has 0 unspecified atom stereocenters. The minimum Gasteiger partial charge on any atom is -0.490 e. The van der Waals surface area contributed by atoms with Gasteiger partial charge in [-0.05, 0) is 69.4 Å². The molecule has 1 N–H and O–H groups in total. The highest BCUT2D eigenvalue weighted by Crippen LogP contribution is 2.39. The zero-order chi connectivity index (χ0) is 22.7. The Bertz CT molecular complexity index is 1180. The average molecular weight is 447 g/mol. The van der Waals surface area contributed by atoms with Crippen LogP contribution in [0.3, 0.4) is 0 Å². The van der Waals surface area contributed by atoms with Gasteiger partial charge in [0.2, 0.25) is 0 Å². The average Bonchev–Trinajstić information content (AvgIpc) is 3.27. The number of aromatic nitrogens is 2. The van der Waals surface area contributed by atoms with E-state index >= 15 is 0 Å². The lowest BCUT2D eigenvalue weighted by Gasteiger charge is -2.27. The monoisotopic (exact) mass is 446 g/mol. The van der Waals surface area contributed by atoms with Crippen molar-refractivity contribution in [3.63, 3.8) is 0 Å². The van der Waals surface area contributed by atoms with Crippen molar-refractivity contribution in [2.75, 3.05) is 6.54 Å². The summed E-state index contributed by atoms with van der Waals surface area (Å²) in [6.45, 7) is 5.86. The van der Waals surface area contributed by atoms with Crippen LogP contribution in [-0.4, -0.2) is 28.6 Å². The number of fused-ring (bicyclic) bond motifs is 1. The molecule has 1 atom stereocenters. The molecule has 3 aromatic rings. The molecule has 1 heterocycles. The second-order valence-electron chi connectivity index (χ2n) is 8.30. The SMILES string of the molecule is CC(=O)CN[C@@H]1CCCc2c(-c3nnc(-c4ccc(OC(C)C)c(C#N)c4)s3)cccc21. The number of rotatable bonds is 7. The number of carbonyl (C=O) groups excluding carboxylic acids is 1. The number of nitriles is 1. The minimum atomic E-state index is -0.000832. The van der Waals surface area contributed by atoms with Crippen LogP contribution in [0.25, 0.3) is 21.1 Å². The van der Waals surface area contributed by atoms with Crippen molar-refractivity contribution in [2.24, 2.45) is 0 Å². The summed E-state index contributed by atoms with van der Waals surface area (Å²) in [6, 6.07) is 14.2. The van der Waals surface area contributed by atoms with Gasteiger partial charge in [-0.3, -0.25) is 4.79 Å². The normalized spacial score (nSPS) is 15.3. The Kier molecular flexibility index (Phi) is 6.63. The molecule has 0 saturated carbocycles. The smallest absolute Gasteiger partial charge is 0.148 e. The number of Topliss-reactive ketones (excluding diaryl/α,β-unsaturated/α-hetero) is 1. The molecule has 6 nitrogen and oxygen atoms in total. The van der Waals surface area contributed by atoms with Gasteiger partial charge in [-0.25, -0.2) is 0 Å². The van der Waals surface area contributed by atoms with Crippen LogP contribution in [0.2, 0.25) is 0 Å². The summed E-state index contributed by atoms with van der Waals surface area (Å²) in [5.74, 6) is 0.723. The summed E-state index contributed by atoms with van der Waals surface area (Å²) >= 11 is 1.52. The fourth-order valence-electron chi connectivity index (χ4n) is 4.08. The first-order valence-electron chi connectivity index (χ1n) is 10.9. The van der Waals surface area contributed by atoms with E-state index in [1.54, 1.807) is 6.92 Å². The van der Waals surface area contributed by atoms with Gasteiger partial charge in [-0.15, -0.1) is 10.2 Å². The lowest BCUT2D eigenvalue weighted by Crippen LogP contribution is -2.29. The maximum Gasteiger partial charge on any atom is 0.148 e. The van der Waals surface area contributed by atoms with Crippen LogP contribution in [-0.2, 0) is 11.2 Å². The zero-order valence-corrected chi connectivity index (χ0v) is 19.3. The predicted octanol–water partition coefficient (Wildman–Crippen LogP) is 5.09. The fraction of sp³-hybridized carbons (Fsp3) is 0.360. The van der Waals surface area contributed by atoms with E-state index in [0.717, 1.165) is 40.4 Å². The third kappa shape index (κ3) is 4.72. The number of ether oxygens (including phenoxy) is 1. The molecule has 0 saturated heterocycles. The minimum absolute atomic E-state index is 0.000832. The number of nitrogens with zero attached hydrogens (tertiary/aromatic N) is 3. The molecule has 0 spiro atoms. The van der Waals surface area contributed by atoms with Crippen LogP contribution in [0, 0.1) is 11.3 Å². The standard InChI is InChI=1S/C25H26N4O2S/c1-15(2)31-23-11-10-17(12-18(23)13-26)24-28-29-25(32-24)21-8-4-7-20-19(21)6-5-9-22(20)27-14-16(3)30/h4,7-8,10-12,15,22,27H,5-6,9,14H2,1-3H3/t22-/m1/s1. The third-order valence-corrected chi connectivity index (χ3v) is 6.48. The van der Waals surface area contributed by atoms with Crippen LogP contribution >= 0.6 is 11.3 Å². The van der Waals surface area contributed by atoms with E-state index < -0.39 is 0 Å². The first-order chi connectivity index (χ1) is 15.5. The van der Waals surface area contributed by atoms with Crippen LogP contribution in [0.15, 0.2) is 36.4 Å². The van der Waals surface area contributed by atoms with Gasteiger partial charge in [0.15, 0.2) is 0 Å². The molecular formula is C25H26N4O2S. The highest BCUT2D eigenvalue weighted by molar-refractivity contribution is 7.17. The largest absolute Gasteiger partial charge is 0.490 e. The zero-order valence-electron chi connectivity index (χ0n) is 18.5. The molecule has 164 valence electrons. The maximum atomic E-state index is 11.4. The molecule has 0 amide bonds. The molecule has 1 aliphatic rings. The summed E-state index contributed by atoms with van der Waals surface area (Å²) in [7, 11) is 0. The topological polar surface area (TPSA) is 87.9 Å². The number of ketones is 1. The first-order valence-corrected chi connectivity index (χ1v) is 11.7. The summed E-state index contributed by atoms with van der Waals surface area (Å²) < 4.78 is 5.73. The highest BCUT2D eigenvalue weighted by atomic mass is 32.1.